The van der Waals surface area contributed by atoms with Gasteiger partial charge in [-0.15, -0.1) is 0 Å². The van der Waals surface area contributed by atoms with Crippen LogP contribution in [0.25, 0.3) is 0 Å². The van der Waals surface area contributed by atoms with Gasteiger partial charge in [0.1, 0.15) is 18.4 Å². The third-order valence-corrected chi connectivity index (χ3v) is 7.42. The Balaban J connectivity index is 1.70. The lowest BCUT2D eigenvalue weighted by atomic mass is 9.85. The molecular formula is C24H28I2N2O4. The van der Waals surface area contributed by atoms with E-state index in [9.17, 15) is 14.7 Å². The highest BCUT2D eigenvalue weighted by molar-refractivity contribution is 14.1. The Kier molecular flexibility index (Phi) is 9.45. The molecule has 0 unspecified atom stereocenters. The number of phenolic OH excluding ortho intramolecular Hbond substituents is 1. The van der Waals surface area contributed by atoms with Crippen molar-refractivity contribution >= 4 is 57.2 Å². The molecule has 1 fully saturated rings. The average molecular weight is 662 g/mol. The van der Waals surface area contributed by atoms with E-state index in [1.807, 2.05) is 42.5 Å². The van der Waals surface area contributed by atoms with Gasteiger partial charge in [-0.1, -0.05) is 50.1 Å². The Bertz CT molecular complexity index is 916. The monoisotopic (exact) mass is 662 g/mol. The first-order valence-corrected chi connectivity index (χ1v) is 12.9. The molecule has 2 aromatic rings. The second-order valence-electron chi connectivity index (χ2n) is 8.25. The number of aromatic hydroxyl groups is 1. The maximum Gasteiger partial charge on any atom is 0.408 e. The van der Waals surface area contributed by atoms with E-state index in [0.29, 0.717) is 19.5 Å². The lowest BCUT2D eigenvalue weighted by molar-refractivity contribution is -0.124. The van der Waals surface area contributed by atoms with Gasteiger partial charge >= 0.3 is 6.09 Å². The number of rotatable bonds is 7. The number of nitrogens with one attached hydrogen (secondary N) is 2. The van der Waals surface area contributed by atoms with Gasteiger partial charge in [0, 0.05) is 12.5 Å². The van der Waals surface area contributed by atoms with Crippen LogP contribution in [0.5, 0.6) is 5.75 Å². The molecule has 0 spiro atoms. The van der Waals surface area contributed by atoms with Crippen molar-refractivity contribution in [1.29, 1.82) is 0 Å². The average Bonchev–Trinajstić information content (AvgIpc) is 2.78. The first-order valence-electron chi connectivity index (χ1n) is 10.8. The molecule has 3 N–H and O–H groups in total. The quantitative estimate of drug-likeness (QED) is 0.359. The fourth-order valence-corrected chi connectivity index (χ4v) is 5.80. The summed E-state index contributed by atoms with van der Waals surface area (Å²) >= 11 is 4.13. The summed E-state index contributed by atoms with van der Waals surface area (Å²) in [5.74, 6) is 0.426. The molecule has 6 nitrogen and oxygen atoms in total. The highest BCUT2D eigenvalue weighted by atomic mass is 127. The maximum atomic E-state index is 13.2. The first kappa shape index (κ1) is 25.1. The molecule has 1 aliphatic carbocycles. The topological polar surface area (TPSA) is 87.7 Å². The van der Waals surface area contributed by atoms with Crippen LogP contribution < -0.4 is 10.6 Å². The zero-order chi connectivity index (χ0) is 23.1. The number of carbonyl (C=O) groups is 2. The summed E-state index contributed by atoms with van der Waals surface area (Å²) in [6, 6.07) is 12.4. The number of benzene rings is 2. The molecule has 0 bridgehead atoms. The molecule has 8 heteroatoms. The van der Waals surface area contributed by atoms with Crippen LogP contribution in [-0.4, -0.2) is 29.2 Å². The van der Waals surface area contributed by atoms with Crippen LogP contribution in [0.1, 0.15) is 43.7 Å². The number of ether oxygens (including phenoxy) is 1. The van der Waals surface area contributed by atoms with Crippen molar-refractivity contribution in [3.8, 4) is 5.75 Å². The van der Waals surface area contributed by atoms with Crippen LogP contribution in [-0.2, 0) is 22.6 Å². The number of hydrogen-bond donors (Lipinski definition) is 3. The standard InChI is InChI=1S/C24H28I2N2O4/c1-15-7-5-6-10-20(15)27-23(30)21(13-17-11-18(25)22(29)19(26)12-17)28-24(31)32-14-16-8-3-2-4-9-16/h2-4,8-9,11-12,15,20-21,29H,5-7,10,13-14H2,1H3,(H,27,30)(H,28,31)/t15-,20-,21+/m1/s1. The van der Waals surface area contributed by atoms with Crippen molar-refractivity contribution in [3.63, 3.8) is 0 Å². The summed E-state index contributed by atoms with van der Waals surface area (Å²) in [5, 5.41) is 16.0. The molecule has 2 aromatic carbocycles. The van der Waals surface area contributed by atoms with Gasteiger partial charge < -0.3 is 20.5 Å². The van der Waals surface area contributed by atoms with Crippen LogP contribution >= 0.6 is 45.2 Å². The predicted molar refractivity (Wildman–Crippen MR) is 140 cm³/mol. The maximum absolute atomic E-state index is 13.2. The van der Waals surface area contributed by atoms with E-state index in [1.54, 1.807) is 0 Å². The van der Waals surface area contributed by atoms with Crippen LogP contribution in [0.2, 0.25) is 0 Å². The van der Waals surface area contributed by atoms with Gasteiger partial charge in [-0.3, -0.25) is 4.79 Å². The molecule has 0 radical (unpaired) electrons. The normalized spacial score (nSPS) is 19.1. The highest BCUT2D eigenvalue weighted by Gasteiger charge is 2.28. The Labute approximate surface area is 216 Å². The van der Waals surface area contributed by atoms with Crippen molar-refractivity contribution in [2.45, 2.75) is 57.7 Å². The lowest BCUT2D eigenvalue weighted by Gasteiger charge is -2.31. The molecule has 1 saturated carbocycles. The lowest BCUT2D eigenvalue weighted by Crippen LogP contribution is -2.52. The van der Waals surface area contributed by atoms with Crippen molar-refractivity contribution in [2.75, 3.05) is 0 Å². The number of halogens is 2. The molecule has 172 valence electrons. The third-order valence-electron chi connectivity index (χ3n) is 5.78. The second-order valence-corrected chi connectivity index (χ2v) is 10.6. The Morgan fingerprint density at radius 2 is 1.75 bits per heavy atom. The number of alkyl carbamates (subject to hydrolysis) is 1. The van der Waals surface area contributed by atoms with Gasteiger partial charge in [-0.05, 0) is 87.2 Å². The van der Waals surface area contributed by atoms with Gasteiger partial charge in [0.15, 0.2) is 0 Å². The molecule has 0 heterocycles. The second kappa shape index (κ2) is 12.1. The zero-order valence-corrected chi connectivity index (χ0v) is 22.3. The number of carbonyl (C=O) groups excluding carboxylic acids is 2. The van der Waals surface area contributed by atoms with Crippen LogP contribution in [0.4, 0.5) is 4.79 Å². The van der Waals surface area contributed by atoms with E-state index in [1.165, 1.54) is 6.42 Å². The highest BCUT2D eigenvalue weighted by Crippen LogP contribution is 2.28. The van der Waals surface area contributed by atoms with E-state index in [0.717, 1.165) is 30.4 Å². The van der Waals surface area contributed by atoms with Gasteiger partial charge in [0.2, 0.25) is 5.91 Å². The molecule has 0 saturated heterocycles. The molecule has 1 aliphatic rings. The van der Waals surface area contributed by atoms with Crippen molar-refractivity contribution in [3.05, 3.63) is 60.7 Å². The summed E-state index contributed by atoms with van der Waals surface area (Å²) in [5.41, 5.74) is 1.74. The van der Waals surface area contributed by atoms with E-state index in [4.69, 9.17) is 4.74 Å². The molecule has 0 aromatic heterocycles. The molecular weight excluding hydrogens is 634 g/mol. The minimum Gasteiger partial charge on any atom is -0.506 e. The number of phenols is 1. The Morgan fingerprint density at radius 3 is 2.41 bits per heavy atom. The van der Waals surface area contributed by atoms with Gasteiger partial charge in [-0.25, -0.2) is 4.79 Å². The smallest absolute Gasteiger partial charge is 0.408 e. The summed E-state index contributed by atoms with van der Waals surface area (Å²) < 4.78 is 6.76. The van der Waals surface area contributed by atoms with Crippen LogP contribution in [0.15, 0.2) is 42.5 Å². The molecule has 0 aliphatic heterocycles. The zero-order valence-electron chi connectivity index (χ0n) is 17.9. The van der Waals surface area contributed by atoms with Crippen molar-refractivity contribution in [1.82, 2.24) is 10.6 Å². The van der Waals surface area contributed by atoms with E-state index < -0.39 is 12.1 Å². The fraction of sp³-hybridized carbons (Fsp3) is 0.417. The predicted octanol–water partition coefficient (Wildman–Crippen LogP) is 5.13. The summed E-state index contributed by atoms with van der Waals surface area (Å²) in [7, 11) is 0. The Hall–Kier alpha value is -1.56. The molecule has 3 rings (SSSR count). The van der Waals surface area contributed by atoms with Crippen LogP contribution in [0, 0.1) is 13.1 Å². The van der Waals surface area contributed by atoms with Crippen molar-refractivity contribution < 1.29 is 19.4 Å². The minimum absolute atomic E-state index is 0.112. The van der Waals surface area contributed by atoms with E-state index in [-0.39, 0.29) is 24.3 Å². The van der Waals surface area contributed by atoms with E-state index in [2.05, 4.69) is 62.7 Å². The van der Waals surface area contributed by atoms with Crippen molar-refractivity contribution in [2.24, 2.45) is 5.92 Å². The molecule has 3 atom stereocenters. The molecule has 32 heavy (non-hydrogen) atoms. The van der Waals surface area contributed by atoms with Crippen LogP contribution in [0.3, 0.4) is 0 Å². The summed E-state index contributed by atoms with van der Waals surface area (Å²) in [6.07, 6.45) is 4.00. The summed E-state index contributed by atoms with van der Waals surface area (Å²) in [4.78, 5) is 25.7. The molecule has 2 amide bonds. The fourth-order valence-electron chi connectivity index (χ4n) is 3.90. The minimum atomic E-state index is -0.774. The first-order chi connectivity index (χ1) is 15.3. The number of hydrogen-bond acceptors (Lipinski definition) is 4. The summed E-state index contributed by atoms with van der Waals surface area (Å²) in [6.45, 7) is 2.29. The SMILES string of the molecule is C[C@@H]1CCCC[C@H]1NC(=O)[C@H](Cc1cc(I)c(O)c(I)c1)NC(=O)OCc1ccccc1. The van der Waals surface area contributed by atoms with Gasteiger partial charge in [0.25, 0.3) is 0 Å². The van der Waals surface area contributed by atoms with Gasteiger partial charge in [0.05, 0.1) is 7.14 Å². The third kappa shape index (κ3) is 7.23. The largest absolute Gasteiger partial charge is 0.506 e. The number of amides is 2. The Morgan fingerprint density at radius 1 is 1.09 bits per heavy atom. The van der Waals surface area contributed by atoms with E-state index >= 15 is 0 Å². The van der Waals surface area contributed by atoms with Gasteiger partial charge in [-0.2, -0.15) is 0 Å².